The Kier molecular flexibility index (Phi) is 6.24. The quantitative estimate of drug-likeness (QED) is 0.781. The number of hydrogen-bond acceptors (Lipinski definition) is 4. The van der Waals surface area contributed by atoms with Gasteiger partial charge in [0.15, 0.2) is 0 Å². The van der Waals surface area contributed by atoms with Crippen molar-refractivity contribution in [1.29, 1.82) is 0 Å². The van der Waals surface area contributed by atoms with Gasteiger partial charge in [-0.2, -0.15) is 4.31 Å². The van der Waals surface area contributed by atoms with E-state index in [0.29, 0.717) is 11.8 Å². The molecule has 144 valence electrons. The highest BCUT2D eigenvalue weighted by Crippen LogP contribution is 2.18. The first-order valence-corrected chi connectivity index (χ1v) is 9.12. The molecule has 0 aliphatic carbocycles. The Morgan fingerprint density at radius 3 is 2.04 bits per heavy atom. The number of carbonyl (C=O) groups excluding carboxylic acids is 2. The van der Waals surface area contributed by atoms with Crippen LogP contribution in [0.2, 0.25) is 0 Å². The third-order valence-corrected chi connectivity index (χ3v) is 5.21. The van der Waals surface area contributed by atoms with Crippen molar-refractivity contribution in [1.82, 2.24) is 4.31 Å². The Bertz CT molecular complexity index is 942. The van der Waals surface area contributed by atoms with Crippen molar-refractivity contribution in [2.24, 2.45) is 0 Å². The Labute approximate surface area is 155 Å². The number of hydrogen-bond donors (Lipinski definition) is 2. The SMILES string of the molecule is CC(=O)Nc1ccc(S(=O)(=O)N(C)CC(=O)Nc2cc(F)cc(F)c2)cc1. The van der Waals surface area contributed by atoms with E-state index in [4.69, 9.17) is 0 Å². The van der Waals surface area contributed by atoms with Crippen LogP contribution in [0.3, 0.4) is 0 Å². The van der Waals surface area contributed by atoms with Crippen LogP contribution in [0.15, 0.2) is 47.4 Å². The molecule has 2 amide bonds. The highest BCUT2D eigenvalue weighted by atomic mass is 32.2. The number of nitrogens with zero attached hydrogens (tertiary/aromatic N) is 1. The van der Waals surface area contributed by atoms with Crippen molar-refractivity contribution < 1.29 is 26.8 Å². The second-order valence-electron chi connectivity index (χ2n) is 5.67. The Morgan fingerprint density at radius 1 is 0.963 bits per heavy atom. The maximum atomic E-state index is 13.1. The van der Waals surface area contributed by atoms with Gasteiger partial charge < -0.3 is 10.6 Å². The molecule has 0 heterocycles. The predicted molar refractivity (Wildman–Crippen MR) is 95.5 cm³/mol. The van der Waals surface area contributed by atoms with Gasteiger partial charge in [-0.25, -0.2) is 17.2 Å². The number of likely N-dealkylation sites (N-methyl/N-ethyl adjacent to an activating group) is 1. The van der Waals surface area contributed by atoms with E-state index in [-0.39, 0.29) is 16.5 Å². The lowest BCUT2D eigenvalue weighted by Gasteiger charge is -2.17. The standard InChI is InChI=1S/C17H17F2N3O4S/c1-11(23)20-14-3-5-16(6-4-14)27(25,26)22(2)10-17(24)21-15-8-12(18)7-13(19)9-15/h3-9H,10H2,1-2H3,(H,20,23)(H,21,24). The summed E-state index contributed by atoms with van der Waals surface area (Å²) in [6, 6.07) is 7.88. The van der Waals surface area contributed by atoms with Crippen molar-refractivity contribution in [3.63, 3.8) is 0 Å². The number of amides is 2. The molecule has 0 spiro atoms. The van der Waals surface area contributed by atoms with E-state index >= 15 is 0 Å². The van der Waals surface area contributed by atoms with E-state index in [9.17, 15) is 26.8 Å². The van der Waals surface area contributed by atoms with Crippen LogP contribution >= 0.6 is 0 Å². The van der Waals surface area contributed by atoms with Crippen LogP contribution < -0.4 is 10.6 Å². The normalized spacial score (nSPS) is 11.3. The lowest BCUT2D eigenvalue weighted by atomic mass is 10.3. The molecule has 2 rings (SSSR count). The molecule has 2 N–H and O–H groups in total. The van der Waals surface area contributed by atoms with Gasteiger partial charge in [-0.3, -0.25) is 9.59 Å². The lowest BCUT2D eigenvalue weighted by Crippen LogP contribution is -2.35. The number of sulfonamides is 1. The Morgan fingerprint density at radius 2 is 1.52 bits per heavy atom. The minimum atomic E-state index is -3.98. The number of nitrogens with one attached hydrogen (secondary N) is 2. The van der Waals surface area contributed by atoms with Crippen LogP contribution in [0.5, 0.6) is 0 Å². The first-order chi connectivity index (χ1) is 12.6. The molecule has 2 aromatic rings. The summed E-state index contributed by atoms with van der Waals surface area (Å²) in [6.45, 7) is 0.759. The molecule has 10 heteroatoms. The largest absolute Gasteiger partial charge is 0.326 e. The first-order valence-electron chi connectivity index (χ1n) is 7.68. The van der Waals surface area contributed by atoms with Crippen molar-refractivity contribution in [2.75, 3.05) is 24.2 Å². The molecule has 2 aromatic carbocycles. The second-order valence-corrected chi connectivity index (χ2v) is 7.72. The van der Waals surface area contributed by atoms with E-state index in [2.05, 4.69) is 10.6 Å². The summed E-state index contributed by atoms with van der Waals surface area (Å²) in [6.07, 6.45) is 0. The van der Waals surface area contributed by atoms with Crippen LogP contribution in [-0.4, -0.2) is 38.1 Å². The van der Waals surface area contributed by atoms with E-state index in [1.54, 1.807) is 0 Å². The van der Waals surface area contributed by atoms with Gasteiger partial charge in [-0.15, -0.1) is 0 Å². The zero-order valence-electron chi connectivity index (χ0n) is 14.5. The molecule has 0 saturated carbocycles. The zero-order valence-corrected chi connectivity index (χ0v) is 15.3. The third-order valence-electron chi connectivity index (χ3n) is 3.40. The van der Waals surface area contributed by atoms with Crippen LogP contribution in [-0.2, 0) is 19.6 Å². The summed E-state index contributed by atoms with van der Waals surface area (Å²) in [4.78, 5) is 22.9. The number of halogens is 2. The van der Waals surface area contributed by atoms with Crippen LogP contribution in [0.1, 0.15) is 6.92 Å². The molecule has 0 fully saturated rings. The Hall–Kier alpha value is -2.85. The molecule has 0 aliphatic heterocycles. The minimum absolute atomic E-state index is 0.0799. The van der Waals surface area contributed by atoms with Gasteiger partial charge in [0.25, 0.3) is 0 Å². The number of benzene rings is 2. The minimum Gasteiger partial charge on any atom is -0.326 e. The average molecular weight is 397 g/mol. The molecule has 0 radical (unpaired) electrons. The topological polar surface area (TPSA) is 95.6 Å². The number of rotatable bonds is 6. The fraction of sp³-hybridized carbons (Fsp3) is 0.176. The van der Waals surface area contributed by atoms with Gasteiger partial charge in [-0.05, 0) is 36.4 Å². The summed E-state index contributed by atoms with van der Waals surface area (Å²) >= 11 is 0. The smallest absolute Gasteiger partial charge is 0.243 e. The Balaban J connectivity index is 2.07. The van der Waals surface area contributed by atoms with Crippen molar-refractivity contribution in [3.8, 4) is 0 Å². The van der Waals surface area contributed by atoms with Crippen molar-refractivity contribution >= 4 is 33.2 Å². The van der Waals surface area contributed by atoms with Crippen molar-refractivity contribution in [2.45, 2.75) is 11.8 Å². The molecule has 0 aromatic heterocycles. The second kappa shape index (κ2) is 8.23. The van der Waals surface area contributed by atoms with Crippen LogP contribution in [0, 0.1) is 11.6 Å². The van der Waals surface area contributed by atoms with Crippen molar-refractivity contribution in [3.05, 3.63) is 54.1 Å². The molecule has 0 saturated heterocycles. The molecular formula is C17H17F2N3O4S. The molecule has 0 aliphatic rings. The van der Waals surface area contributed by atoms with Gasteiger partial charge in [0.2, 0.25) is 21.8 Å². The molecule has 27 heavy (non-hydrogen) atoms. The zero-order chi connectivity index (χ0) is 20.2. The summed E-state index contributed by atoms with van der Waals surface area (Å²) in [7, 11) is -2.78. The van der Waals surface area contributed by atoms with E-state index in [0.717, 1.165) is 16.4 Å². The number of carbonyl (C=O) groups is 2. The van der Waals surface area contributed by atoms with Gasteiger partial charge >= 0.3 is 0 Å². The number of anilines is 2. The molecule has 7 nitrogen and oxygen atoms in total. The predicted octanol–water partition coefficient (Wildman–Crippen LogP) is 2.18. The summed E-state index contributed by atoms with van der Waals surface area (Å²) in [5.74, 6) is -2.80. The monoisotopic (exact) mass is 397 g/mol. The first kappa shape index (κ1) is 20.5. The third kappa shape index (κ3) is 5.56. The van der Waals surface area contributed by atoms with E-state index < -0.39 is 34.1 Å². The van der Waals surface area contributed by atoms with E-state index in [1.165, 1.54) is 38.2 Å². The maximum Gasteiger partial charge on any atom is 0.243 e. The summed E-state index contributed by atoms with van der Waals surface area (Å²) in [5, 5.41) is 4.74. The lowest BCUT2D eigenvalue weighted by molar-refractivity contribution is -0.116. The van der Waals surface area contributed by atoms with Crippen LogP contribution in [0.4, 0.5) is 20.2 Å². The maximum absolute atomic E-state index is 13.1. The van der Waals surface area contributed by atoms with Gasteiger partial charge in [0, 0.05) is 31.4 Å². The molecule has 0 unspecified atom stereocenters. The average Bonchev–Trinajstić information content (AvgIpc) is 2.53. The highest BCUT2D eigenvalue weighted by Gasteiger charge is 2.23. The van der Waals surface area contributed by atoms with Gasteiger partial charge in [0.1, 0.15) is 11.6 Å². The molecule has 0 atom stereocenters. The summed E-state index contributed by atoms with van der Waals surface area (Å²) in [5.41, 5.74) is 0.304. The fourth-order valence-corrected chi connectivity index (χ4v) is 3.33. The highest BCUT2D eigenvalue weighted by molar-refractivity contribution is 7.89. The molecule has 0 bridgehead atoms. The van der Waals surface area contributed by atoms with E-state index in [1.807, 2.05) is 0 Å². The fourth-order valence-electron chi connectivity index (χ4n) is 2.21. The van der Waals surface area contributed by atoms with Crippen LogP contribution in [0.25, 0.3) is 0 Å². The van der Waals surface area contributed by atoms with Gasteiger partial charge in [-0.1, -0.05) is 0 Å². The molecular weight excluding hydrogens is 380 g/mol. The van der Waals surface area contributed by atoms with Gasteiger partial charge in [0.05, 0.1) is 11.4 Å². The summed E-state index contributed by atoms with van der Waals surface area (Å²) < 4.78 is 52.1.